The predicted molar refractivity (Wildman–Crippen MR) is 76.5 cm³/mol. The maximum absolute atomic E-state index is 11.9. The molecule has 0 spiro atoms. The van der Waals surface area contributed by atoms with Crippen molar-refractivity contribution >= 4 is 34.0 Å². The molecule has 3 N–H and O–H groups in total. The number of nitrogens with zero attached hydrogens (tertiary/aromatic N) is 2. The van der Waals surface area contributed by atoms with Crippen LogP contribution in [0.2, 0.25) is 5.02 Å². The first-order valence-electron chi connectivity index (χ1n) is 5.56. The molecule has 100 valence electrons. The molecule has 7 heteroatoms. The molecule has 0 unspecified atom stereocenters. The van der Waals surface area contributed by atoms with E-state index < -0.39 is 5.54 Å². The van der Waals surface area contributed by atoms with E-state index >= 15 is 0 Å². The van der Waals surface area contributed by atoms with E-state index in [-0.39, 0.29) is 5.91 Å². The van der Waals surface area contributed by atoms with E-state index in [2.05, 4.69) is 15.5 Å². The first-order chi connectivity index (χ1) is 8.86. The third kappa shape index (κ3) is 3.50. The van der Waals surface area contributed by atoms with E-state index in [4.69, 9.17) is 17.3 Å². The third-order valence-electron chi connectivity index (χ3n) is 2.30. The maximum Gasteiger partial charge on any atom is 0.257 e. The van der Waals surface area contributed by atoms with Crippen molar-refractivity contribution < 1.29 is 4.79 Å². The average molecular weight is 297 g/mol. The van der Waals surface area contributed by atoms with E-state index in [0.717, 1.165) is 0 Å². The van der Waals surface area contributed by atoms with E-state index in [0.29, 0.717) is 20.7 Å². The number of nitrogens with one attached hydrogen (secondary N) is 1. The molecule has 0 atom stereocenters. The Balaban J connectivity index is 2.11. The number of hydrogen-bond donors (Lipinski definition) is 2. The molecule has 0 fully saturated rings. The lowest BCUT2D eigenvalue weighted by atomic mass is 10.1. The molecule has 0 aliphatic heterocycles. The average Bonchev–Trinajstić information content (AvgIpc) is 2.78. The highest BCUT2D eigenvalue weighted by molar-refractivity contribution is 7.15. The van der Waals surface area contributed by atoms with Crippen molar-refractivity contribution in [3.05, 3.63) is 39.9 Å². The van der Waals surface area contributed by atoms with Crippen LogP contribution in [0, 0.1) is 0 Å². The number of benzene rings is 1. The van der Waals surface area contributed by atoms with Crippen molar-refractivity contribution in [3.8, 4) is 0 Å². The first-order valence-corrected chi connectivity index (χ1v) is 6.75. The minimum absolute atomic E-state index is 0.255. The van der Waals surface area contributed by atoms with Crippen molar-refractivity contribution in [2.75, 3.05) is 5.32 Å². The van der Waals surface area contributed by atoms with E-state index in [1.807, 2.05) is 13.8 Å². The number of carbonyl (C=O) groups is 1. The molecule has 1 aromatic carbocycles. The van der Waals surface area contributed by atoms with Crippen molar-refractivity contribution in [1.29, 1.82) is 0 Å². The Morgan fingerprint density at radius 3 is 2.47 bits per heavy atom. The molecule has 2 aromatic rings. The molecule has 0 bridgehead atoms. The van der Waals surface area contributed by atoms with Crippen LogP contribution in [0.1, 0.15) is 29.2 Å². The van der Waals surface area contributed by atoms with Crippen LogP contribution in [0.15, 0.2) is 24.3 Å². The zero-order valence-corrected chi connectivity index (χ0v) is 12.0. The Labute approximate surface area is 119 Å². The minimum atomic E-state index is -0.569. The molecule has 1 amide bonds. The summed E-state index contributed by atoms with van der Waals surface area (Å²) in [4.78, 5) is 11.9. The van der Waals surface area contributed by atoms with Crippen molar-refractivity contribution in [1.82, 2.24) is 10.2 Å². The Morgan fingerprint density at radius 1 is 1.32 bits per heavy atom. The fourth-order valence-electron chi connectivity index (χ4n) is 1.30. The number of carbonyl (C=O) groups excluding carboxylic acids is 1. The molecule has 5 nitrogen and oxygen atoms in total. The van der Waals surface area contributed by atoms with E-state index in [1.165, 1.54) is 11.3 Å². The second kappa shape index (κ2) is 5.24. The summed E-state index contributed by atoms with van der Waals surface area (Å²) in [6.07, 6.45) is 0. The van der Waals surface area contributed by atoms with Crippen LogP contribution in [0.4, 0.5) is 5.13 Å². The van der Waals surface area contributed by atoms with Crippen LogP contribution in [-0.2, 0) is 5.54 Å². The minimum Gasteiger partial charge on any atom is -0.320 e. The molecular weight excluding hydrogens is 284 g/mol. The normalized spacial score (nSPS) is 11.4. The summed E-state index contributed by atoms with van der Waals surface area (Å²) in [5.41, 5.74) is 5.85. The fraction of sp³-hybridized carbons (Fsp3) is 0.250. The van der Waals surface area contributed by atoms with Gasteiger partial charge in [0.2, 0.25) is 5.13 Å². The lowest BCUT2D eigenvalue weighted by molar-refractivity contribution is 0.102. The van der Waals surface area contributed by atoms with Gasteiger partial charge < -0.3 is 5.73 Å². The summed E-state index contributed by atoms with van der Waals surface area (Å²) < 4.78 is 0. The summed E-state index contributed by atoms with van der Waals surface area (Å²) in [7, 11) is 0. The Kier molecular flexibility index (Phi) is 3.84. The monoisotopic (exact) mass is 296 g/mol. The quantitative estimate of drug-likeness (QED) is 0.912. The van der Waals surface area contributed by atoms with Crippen LogP contribution in [0.3, 0.4) is 0 Å². The summed E-state index contributed by atoms with van der Waals surface area (Å²) in [5, 5.41) is 12.2. The maximum atomic E-state index is 11.9. The van der Waals surface area contributed by atoms with Gasteiger partial charge in [-0.1, -0.05) is 22.9 Å². The Hall–Kier alpha value is -1.50. The molecule has 2 rings (SSSR count). The van der Waals surface area contributed by atoms with Gasteiger partial charge in [0.1, 0.15) is 5.01 Å². The van der Waals surface area contributed by atoms with Gasteiger partial charge in [0.05, 0.1) is 5.54 Å². The van der Waals surface area contributed by atoms with Crippen LogP contribution < -0.4 is 11.1 Å². The highest BCUT2D eigenvalue weighted by Crippen LogP contribution is 2.24. The second-order valence-electron chi connectivity index (χ2n) is 4.60. The highest BCUT2D eigenvalue weighted by Gasteiger charge is 2.20. The van der Waals surface area contributed by atoms with Gasteiger partial charge in [-0.2, -0.15) is 0 Å². The Morgan fingerprint density at radius 2 is 1.95 bits per heavy atom. The van der Waals surface area contributed by atoms with Crippen LogP contribution in [0.5, 0.6) is 0 Å². The SMILES string of the molecule is CC(C)(N)c1nnc(NC(=O)c2ccc(Cl)cc2)s1. The first kappa shape index (κ1) is 13.9. The zero-order valence-electron chi connectivity index (χ0n) is 10.5. The number of aromatic nitrogens is 2. The molecule has 0 aliphatic carbocycles. The van der Waals surface area contributed by atoms with Crippen LogP contribution >= 0.6 is 22.9 Å². The Bertz CT molecular complexity index is 589. The van der Waals surface area contributed by atoms with Gasteiger partial charge in [-0.3, -0.25) is 10.1 Å². The van der Waals surface area contributed by atoms with Gasteiger partial charge in [0.25, 0.3) is 5.91 Å². The van der Waals surface area contributed by atoms with Gasteiger partial charge in [0.15, 0.2) is 0 Å². The highest BCUT2D eigenvalue weighted by atomic mass is 35.5. The van der Waals surface area contributed by atoms with Gasteiger partial charge in [-0.05, 0) is 38.1 Å². The van der Waals surface area contributed by atoms with Crippen molar-refractivity contribution in [2.45, 2.75) is 19.4 Å². The lowest BCUT2D eigenvalue weighted by Crippen LogP contribution is -2.28. The zero-order chi connectivity index (χ0) is 14.0. The number of amides is 1. The molecular formula is C12H13ClN4OS. The van der Waals surface area contributed by atoms with Crippen molar-refractivity contribution in [3.63, 3.8) is 0 Å². The molecule has 19 heavy (non-hydrogen) atoms. The molecule has 0 aliphatic rings. The lowest BCUT2D eigenvalue weighted by Gasteiger charge is -2.12. The summed E-state index contributed by atoms with van der Waals surface area (Å²) in [6, 6.07) is 6.61. The fourth-order valence-corrected chi connectivity index (χ4v) is 2.18. The van der Waals surface area contributed by atoms with Crippen molar-refractivity contribution in [2.24, 2.45) is 5.73 Å². The molecule has 0 saturated carbocycles. The number of nitrogens with two attached hydrogens (primary N) is 1. The van der Waals surface area contributed by atoms with Gasteiger partial charge in [0, 0.05) is 10.6 Å². The van der Waals surface area contributed by atoms with Gasteiger partial charge >= 0.3 is 0 Å². The third-order valence-corrected chi connectivity index (χ3v) is 3.73. The summed E-state index contributed by atoms with van der Waals surface area (Å²) >= 11 is 7.02. The molecule has 0 radical (unpaired) electrons. The standard InChI is InChI=1S/C12H13ClN4OS/c1-12(2,14)10-16-17-11(19-10)15-9(18)7-3-5-8(13)6-4-7/h3-6H,14H2,1-2H3,(H,15,17,18). The smallest absolute Gasteiger partial charge is 0.257 e. The summed E-state index contributed by atoms with van der Waals surface area (Å²) in [6.45, 7) is 3.66. The number of halogens is 1. The second-order valence-corrected chi connectivity index (χ2v) is 6.01. The van der Waals surface area contributed by atoms with Crippen LogP contribution in [0.25, 0.3) is 0 Å². The van der Waals surface area contributed by atoms with E-state index in [9.17, 15) is 4.79 Å². The van der Waals surface area contributed by atoms with Crippen LogP contribution in [-0.4, -0.2) is 16.1 Å². The number of anilines is 1. The summed E-state index contributed by atoms with van der Waals surface area (Å²) in [5.74, 6) is -0.255. The topological polar surface area (TPSA) is 80.9 Å². The predicted octanol–water partition coefficient (Wildman–Crippen LogP) is 2.64. The van der Waals surface area contributed by atoms with Gasteiger partial charge in [-0.15, -0.1) is 10.2 Å². The molecule has 1 aromatic heterocycles. The van der Waals surface area contributed by atoms with E-state index in [1.54, 1.807) is 24.3 Å². The van der Waals surface area contributed by atoms with Gasteiger partial charge in [-0.25, -0.2) is 0 Å². The number of rotatable bonds is 3. The molecule has 0 saturated heterocycles. The largest absolute Gasteiger partial charge is 0.320 e. The number of hydrogen-bond acceptors (Lipinski definition) is 5. The molecule has 1 heterocycles.